The van der Waals surface area contributed by atoms with E-state index < -0.39 is 0 Å². The zero-order valence-electron chi connectivity index (χ0n) is 8.88. The summed E-state index contributed by atoms with van der Waals surface area (Å²) in [5.74, 6) is 0.645. The summed E-state index contributed by atoms with van der Waals surface area (Å²) in [6.45, 7) is 6.61. The van der Waals surface area contributed by atoms with E-state index in [1.165, 1.54) is 24.2 Å². The summed E-state index contributed by atoms with van der Waals surface area (Å²) < 4.78 is 0. The summed E-state index contributed by atoms with van der Waals surface area (Å²) in [5, 5.41) is 0. The van der Waals surface area contributed by atoms with Gasteiger partial charge in [0.2, 0.25) is 0 Å². The zero-order valence-corrected chi connectivity index (χ0v) is 8.88. The molecule has 0 saturated heterocycles. The zero-order chi connectivity index (χ0) is 9.68. The van der Waals surface area contributed by atoms with E-state index in [2.05, 4.69) is 44.0 Å². The lowest BCUT2D eigenvalue weighted by Crippen LogP contribution is -2.00. The van der Waals surface area contributed by atoms with Crippen LogP contribution in [-0.2, 0) is 6.42 Å². The first-order chi connectivity index (χ1) is 6.31. The van der Waals surface area contributed by atoms with Crippen molar-refractivity contribution in [3.8, 4) is 0 Å². The van der Waals surface area contributed by atoms with Crippen LogP contribution in [0.25, 0.3) is 0 Å². The van der Waals surface area contributed by atoms with Gasteiger partial charge in [0.15, 0.2) is 0 Å². The highest BCUT2D eigenvalue weighted by molar-refractivity contribution is 5.14. The highest BCUT2D eigenvalue weighted by Gasteiger charge is 2.07. The molecule has 0 N–H and O–H groups in total. The number of nitrogens with zero attached hydrogens (tertiary/aromatic N) is 1. The van der Waals surface area contributed by atoms with Crippen molar-refractivity contribution in [1.29, 1.82) is 0 Å². The topological polar surface area (TPSA) is 12.9 Å². The van der Waals surface area contributed by atoms with Gasteiger partial charge < -0.3 is 0 Å². The first-order valence-electron chi connectivity index (χ1n) is 5.27. The first kappa shape index (κ1) is 10.2. The second kappa shape index (κ2) is 5.00. The maximum atomic E-state index is 4.63. The maximum absolute atomic E-state index is 4.63. The minimum atomic E-state index is 0.645. The molecule has 1 nitrogen and oxygen atoms in total. The monoisotopic (exact) mass is 177 g/mol. The lowest BCUT2D eigenvalue weighted by Gasteiger charge is -2.12. The van der Waals surface area contributed by atoms with E-state index in [9.17, 15) is 0 Å². The third-order valence-corrected chi connectivity index (χ3v) is 2.59. The Morgan fingerprint density at radius 3 is 2.38 bits per heavy atom. The summed E-state index contributed by atoms with van der Waals surface area (Å²) in [4.78, 5) is 4.63. The van der Waals surface area contributed by atoms with Crippen molar-refractivity contribution >= 4 is 0 Å². The van der Waals surface area contributed by atoms with Gasteiger partial charge in [-0.2, -0.15) is 0 Å². The van der Waals surface area contributed by atoms with Crippen molar-refractivity contribution < 1.29 is 0 Å². The summed E-state index contributed by atoms with van der Waals surface area (Å²) >= 11 is 0. The molecule has 1 heterocycles. The molecule has 0 spiro atoms. The van der Waals surface area contributed by atoms with Crippen LogP contribution < -0.4 is 0 Å². The Morgan fingerprint density at radius 2 is 1.85 bits per heavy atom. The van der Waals surface area contributed by atoms with Crippen LogP contribution in [-0.4, -0.2) is 4.98 Å². The van der Waals surface area contributed by atoms with Gasteiger partial charge in [-0.05, 0) is 31.4 Å². The SMILES string of the molecule is CCc1cccc(C(CC)CC)n1. The molecule has 0 aliphatic carbocycles. The van der Waals surface area contributed by atoms with Crippen LogP contribution in [0.5, 0.6) is 0 Å². The molecule has 0 aromatic carbocycles. The predicted molar refractivity (Wildman–Crippen MR) is 56.9 cm³/mol. The quantitative estimate of drug-likeness (QED) is 0.685. The molecule has 0 atom stereocenters. The molecule has 1 rings (SSSR count). The molecule has 0 bridgehead atoms. The van der Waals surface area contributed by atoms with Crippen molar-refractivity contribution in [1.82, 2.24) is 4.98 Å². The summed E-state index contributed by atoms with van der Waals surface area (Å²) in [6.07, 6.45) is 3.42. The average molecular weight is 177 g/mol. The molecule has 1 aromatic heterocycles. The van der Waals surface area contributed by atoms with Gasteiger partial charge >= 0.3 is 0 Å². The molecule has 1 heteroatoms. The predicted octanol–water partition coefficient (Wildman–Crippen LogP) is 3.55. The fraction of sp³-hybridized carbons (Fsp3) is 0.583. The Morgan fingerprint density at radius 1 is 1.15 bits per heavy atom. The largest absolute Gasteiger partial charge is 0.258 e. The molecule has 0 radical (unpaired) electrons. The molecule has 0 saturated carbocycles. The van der Waals surface area contributed by atoms with Crippen LogP contribution in [0.2, 0.25) is 0 Å². The van der Waals surface area contributed by atoms with E-state index in [1.807, 2.05) is 0 Å². The lowest BCUT2D eigenvalue weighted by molar-refractivity contribution is 0.620. The number of aromatic nitrogens is 1. The fourth-order valence-corrected chi connectivity index (χ4v) is 1.63. The van der Waals surface area contributed by atoms with Crippen LogP contribution >= 0.6 is 0 Å². The minimum Gasteiger partial charge on any atom is -0.258 e. The third kappa shape index (κ3) is 2.55. The van der Waals surface area contributed by atoms with Gasteiger partial charge in [-0.15, -0.1) is 0 Å². The normalized spacial score (nSPS) is 10.8. The Balaban J connectivity index is 2.86. The van der Waals surface area contributed by atoms with Crippen molar-refractivity contribution in [3.05, 3.63) is 29.6 Å². The third-order valence-electron chi connectivity index (χ3n) is 2.59. The molecular weight excluding hydrogens is 158 g/mol. The first-order valence-corrected chi connectivity index (χ1v) is 5.27. The summed E-state index contributed by atoms with van der Waals surface area (Å²) in [6, 6.07) is 6.38. The van der Waals surface area contributed by atoms with E-state index in [-0.39, 0.29) is 0 Å². The van der Waals surface area contributed by atoms with Crippen LogP contribution in [0.3, 0.4) is 0 Å². The second-order valence-electron chi connectivity index (χ2n) is 3.42. The maximum Gasteiger partial charge on any atom is 0.0437 e. The van der Waals surface area contributed by atoms with Gasteiger partial charge in [-0.3, -0.25) is 4.98 Å². The highest BCUT2D eigenvalue weighted by atomic mass is 14.7. The van der Waals surface area contributed by atoms with Gasteiger partial charge in [0.1, 0.15) is 0 Å². The number of aryl methyl sites for hydroxylation is 1. The smallest absolute Gasteiger partial charge is 0.0437 e. The van der Waals surface area contributed by atoms with E-state index in [0.29, 0.717) is 5.92 Å². The summed E-state index contributed by atoms with van der Waals surface area (Å²) in [7, 11) is 0. The molecular formula is C12H19N. The second-order valence-corrected chi connectivity index (χ2v) is 3.42. The van der Waals surface area contributed by atoms with Crippen molar-refractivity contribution in [3.63, 3.8) is 0 Å². The Kier molecular flexibility index (Phi) is 3.94. The van der Waals surface area contributed by atoms with E-state index in [1.54, 1.807) is 0 Å². The van der Waals surface area contributed by atoms with Crippen molar-refractivity contribution in [2.24, 2.45) is 0 Å². The molecule has 0 amide bonds. The van der Waals surface area contributed by atoms with Crippen LogP contribution in [0.15, 0.2) is 18.2 Å². The van der Waals surface area contributed by atoms with Gasteiger partial charge in [-0.25, -0.2) is 0 Å². The van der Waals surface area contributed by atoms with Crippen molar-refractivity contribution in [2.45, 2.75) is 46.0 Å². The van der Waals surface area contributed by atoms with E-state index in [4.69, 9.17) is 0 Å². The standard InChI is InChI=1S/C12H19N/c1-4-10(5-2)12-9-7-8-11(6-3)13-12/h7-10H,4-6H2,1-3H3. The van der Waals surface area contributed by atoms with Gasteiger partial charge in [0, 0.05) is 17.3 Å². The number of pyridine rings is 1. The summed E-state index contributed by atoms with van der Waals surface area (Å²) in [5.41, 5.74) is 2.48. The molecule has 0 aliphatic heterocycles. The average Bonchev–Trinajstić information content (AvgIpc) is 2.20. The van der Waals surface area contributed by atoms with Crippen LogP contribution in [0, 0.1) is 0 Å². The molecule has 1 aromatic rings. The molecule has 0 fully saturated rings. The lowest BCUT2D eigenvalue weighted by atomic mass is 9.98. The van der Waals surface area contributed by atoms with Crippen molar-refractivity contribution in [2.75, 3.05) is 0 Å². The van der Waals surface area contributed by atoms with E-state index in [0.717, 1.165) is 6.42 Å². The minimum absolute atomic E-state index is 0.645. The van der Waals surface area contributed by atoms with Gasteiger partial charge in [0.05, 0.1) is 0 Å². The van der Waals surface area contributed by atoms with Crippen LogP contribution in [0.1, 0.15) is 50.9 Å². The highest BCUT2D eigenvalue weighted by Crippen LogP contribution is 2.20. The van der Waals surface area contributed by atoms with Gasteiger partial charge in [-0.1, -0.05) is 26.8 Å². The van der Waals surface area contributed by atoms with E-state index >= 15 is 0 Å². The molecule has 0 aliphatic rings. The molecule has 72 valence electrons. The molecule has 0 unspecified atom stereocenters. The number of hydrogen-bond acceptors (Lipinski definition) is 1. The van der Waals surface area contributed by atoms with Crippen LogP contribution in [0.4, 0.5) is 0 Å². The fourth-order valence-electron chi connectivity index (χ4n) is 1.63. The Labute approximate surface area is 81.2 Å². The van der Waals surface area contributed by atoms with Gasteiger partial charge in [0.25, 0.3) is 0 Å². The number of hydrogen-bond donors (Lipinski definition) is 0. The Bertz CT molecular complexity index is 251. The Hall–Kier alpha value is -0.850. The number of rotatable bonds is 4. The molecule has 13 heavy (non-hydrogen) atoms.